The molecule has 0 bridgehead atoms. The van der Waals surface area contributed by atoms with E-state index < -0.39 is 17.6 Å². The van der Waals surface area contributed by atoms with Gasteiger partial charge in [-0.15, -0.1) is 12.4 Å². The summed E-state index contributed by atoms with van der Waals surface area (Å²) in [4.78, 5) is 39.5. The van der Waals surface area contributed by atoms with Gasteiger partial charge in [0.05, 0.1) is 6.10 Å². The second-order valence-corrected chi connectivity index (χ2v) is 7.54. The maximum Gasteiger partial charge on any atom is 0.261 e. The smallest absolute Gasteiger partial charge is 0.261 e. The number of pyridine rings is 1. The zero-order valence-corrected chi connectivity index (χ0v) is 15.2. The van der Waals surface area contributed by atoms with Crippen LogP contribution in [0.1, 0.15) is 46.7 Å². The van der Waals surface area contributed by atoms with Crippen LogP contribution >= 0.6 is 12.4 Å². The number of H-pyrrole nitrogens is 1. The molecular weight excluding hydrogens is 346 g/mol. The van der Waals surface area contributed by atoms with Crippen molar-refractivity contribution in [2.24, 2.45) is 11.3 Å². The van der Waals surface area contributed by atoms with Gasteiger partial charge in [0.2, 0.25) is 0 Å². The summed E-state index contributed by atoms with van der Waals surface area (Å²) in [6.07, 6.45) is 0.494. The minimum atomic E-state index is -0.518. The lowest BCUT2D eigenvalue weighted by Crippen LogP contribution is -2.38. The second-order valence-electron chi connectivity index (χ2n) is 7.54. The summed E-state index contributed by atoms with van der Waals surface area (Å²) in [5, 5.41) is 15.5. The average molecular weight is 370 g/mol. The lowest BCUT2D eigenvalue weighted by molar-refractivity contribution is 0.0910. The van der Waals surface area contributed by atoms with Gasteiger partial charge in [0.25, 0.3) is 11.5 Å². The van der Waals surface area contributed by atoms with E-state index in [1.165, 1.54) is 6.07 Å². The van der Waals surface area contributed by atoms with Crippen LogP contribution in [0, 0.1) is 11.3 Å². The van der Waals surface area contributed by atoms with Crippen LogP contribution in [0.4, 0.5) is 0 Å². The SMILES string of the molecule is CC1(C)CC(=O)c2cc(C(=O)NCC3CNCC3O)c(=O)[nH]c2C1.Cl. The molecule has 2 unspecified atom stereocenters. The zero-order valence-electron chi connectivity index (χ0n) is 14.3. The molecule has 2 aliphatic rings. The fourth-order valence-electron chi connectivity index (χ4n) is 3.44. The second kappa shape index (κ2) is 7.27. The van der Waals surface area contributed by atoms with Crippen molar-refractivity contribution in [2.45, 2.75) is 32.8 Å². The van der Waals surface area contributed by atoms with E-state index >= 15 is 0 Å². The van der Waals surface area contributed by atoms with E-state index in [9.17, 15) is 19.5 Å². The fourth-order valence-corrected chi connectivity index (χ4v) is 3.44. The predicted octanol–water partition coefficient (Wildman–Crippen LogP) is 0.262. The standard InChI is InChI=1S/C17H23N3O4.ClH/c1-17(2)4-12-10(13(21)5-17)3-11(16(24)20-12)15(23)19-7-9-6-18-8-14(9)22;/h3,9,14,18,22H,4-8H2,1-2H3,(H,19,23)(H,20,24);1H. The first-order valence-electron chi connectivity index (χ1n) is 8.23. The number of Topliss-reactive ketones (excluding diaryl/α,β-unsaturated/α-hetero) is 1. The van der Waals surface area contributed by atoms with Gasteiger partial charge < -0.3 is 20.7 Å². The Morgan fingerprint density at radius 1 is 1.32 bits per heavy atom. The number of aliphatic hydroxyl groups excluding tert-OH is 1. The normalized spacial score (nSPS) is 24.4. The van der Waals surface area contributed by atoms with Crippen molar-refractivity contribution in [2.75, 3.05) is 19.6 Å². The molecule has 0 aromatic carbocycles. The van der Waals surface area contributed by atoms with Crippen molar-refractivity contribution in [1.29, 1.82) is 0 Å². The third kappa shape index (κ3) is 4.11. The Balaban J connectivity index is 0.00000225. The Morgan fingerprint density at radius 2 is 2.04 bits per heavy atom. The monoisotopic (exact) mass is 369 g/mol. The highest BCUT2D eigenvalue weighted by atomic mass is 35.5. The number of carbonyl (C=O) groups is 2. The van der Waals surface area contributed by atoms with E-state index in [-0.39, 0.29) is 41.6 Å². The number of halogens is 1. The summed E-state index contributed by atoms with van der Waals surface area (Å²) in [6.45, 7) is 5.37. The number of aromatic nitrogens is 1. The maximum absolute atomic E-state index is 12.3. The molecule has 1 amide bonds. The van der Waals surface area contributed by atoms with Crippen LogP contribution in [0.25, 0.3) is 0 Å². The van der Waals surface area contributed by atoms with Gasteiger partial charge in [0, 0.05) is 43.2 Å². The lowest BCUT2D eigenvalue weighted by Gasteiger charge is -2.29. The van der Waals surface area contributed by atoms with Gasteiger partial charge >= 0.3 is 0 Å². The Labute approximate surface area is 152 Å². The third-order valence-corrected chi connectivity index (χ3v) is 4.79. The number of β-amino-alcohol motifs (C(OH)–C–C–N with tert-alkyl or cyclic N) is 1. The number of hydrogen-bond acceptors (Lipinski definition) is 5. The average Bonchev–Trinajstić information content (AvgIpc) is 2.88. The quantitative estimate of drug-likeness (QED) is 0.611. The molecule has 138 valence electrons. The van der Waals surface area contributed by atoms with Crippen molar-refractivity contribution < 1.29 is 14.7 Å². The summed E-state index contributed by atoms with van der Waals surface area (Å²) in [5.74, 6) is -0.647. The number of fused-ring (bicyclic) bond motifs is 1. The molecule has 2 heterocycles. The molecule has 1 aliphatic carbocycles. The van der Waals surface area contributed by atoms with Crippen molar-refractivity contribution >= 4 is 24.1 Å². The van der Waals surface area contributed by atoms with Crippen LogP contribution in [0.3, 0.4) is 0 Å². The van der Waals surface area contributed by atoms with Crippen LogP contribution in [-0.2, 0) is 6.42 Å². The van der Waals surface area contributed by atoms with Gasteiger partial charge in [-0.2, -0.15) is 0 Å². The zero-order chi connectivity index (χ0) is 17.5. The molecule has 1 aliphatic heterocycles. The highest BCUT2D eigenvalue weighted by Crippen LogP contribution is 2.33. The largest absolute Gasteiger partial charge is 0.391 e. The molecular formula is C17H24ClN3O4. The van der Waals surface area contributed by atoms with Gasteiger partial charge in [-0.3, -0.25) is 14.4 Å². The summed E-state index contributed by atoms with van der Waals surface area (Å²) in [5.41, 5.74) is 0.307. The number of aliphatic hydroxyl groups is 1. The Kier molecular flexibility index (Phi) is 5.71. The van der Waals surface area contributed by atoms with Crippen LogP contribution in [0.2, 0.25) is 0 Å². The Hall–Kier alpha value is -1.70. The van der Waals surface area contributed by atoms with E-state index in [0.717, 1.165) is 0 Å². The number of rotatable bonds is 3. The highest BCUT2D eigenvalue weighted by molar-refractivity contribution is 6.02. The Morgan fingerprint density at radius 3 is 2.68 bits per heavy atom. The number of carbonyl (C=O) groups excluding carboxylic acids is 2. The van der Waals surface area contributed by atoms with Crippen molar-refractivity contribution in [3.05, 3.63) is 33.2 Å². The van der Waals surface area contributed by atoms with Gasteiger partial charge in [-0.25, -0.2) is 0 Å². The molecule has 0 spiro atoms. The van der Waals surface area contributed by atoms with E-state index in [0.29, 0.717) is 37.2 Å². The summed E-state index contributed by atoms with van der Waals surface area (Å²) < 4.78 is 0. The number of nitrogens with one attached hydrogen (secondary N) is 3. The van der Waals surface area contributed by atoms with Gasteiger partial charge in [0.15, 0.2) is 5.78 Å². The first kappa shape index (κ1) is 19.6. The van der Waals surface area contributed by atoms with E-state index in [2.05, 4.69) is 15.6 Å². The molecule has 25 heavy (non-hydrogen) atoms. The van der Waals surface area contributed by atoms with Crippen molar-refractivity contribution in [3.8, 4) is 0 Å². The molecule has 8 heteroatoms. The van der Waals surface area contributed by atoms with Crippen molar-refractivity contribution in [3.63, 3.8) is 0 Å². The van der Waals surface area contributed by atoms with Crippen molar-refractivity contribution in [1.82, 2.24) is 15.6 Å². The summed E-state index contributed by atoms with van der Waals surface area (Å²) in [6, 6.07) is 1.41. The minimum Gasteiger partial charge on any atom is -0.391 e. The first-order chi connectivity index (χ1) is 11.3. The lowest BCUT2D eigenvalue weighted by atomic mass is 9.75. The van der Waals surface area contributed by atoms with E-state index in [1.807, 2.05) is 13.8 Å². The molecule has 1 saturated heterocycles. The maximum atomic E-state index is 12.3. The van der Waals surface area contributed by atoms with E-state index in [4.69, 9.17) is 0 Å². The molecule has 3 rings (SSSR count). The molecule has 1 aromatic heterocycles. The molecule has 0 saturated carbocycles. The molecule has 1 fully saturated rings. The molecule has 2 atom stereocenters. The first-order valence-corrected chi connectivity index (χ1v) is 8.23. The predicted molar refractivity (Wildman–Crippen MR) is 95.4 cm³/mol. The molecule has 0 radical (unpaired) electrons. The Bertz CT molecular complexity index is 744. The van der Waals surface area contributed by atoms with Crippen LogP contribution in [0.15, 0.2) is 10.9 Å². The molecule has 4 N–H and O–H groups in total. The topological polar surface area (TPSA) is 111 Å². The number of ketones is 1. The fraction of sp³-hybridized carbons (Fsp3) is 0.588. The van der Waals surface area contributed by atoms with Gasteiger partial charge in [0.1, 0.15) is 5.56 Å². The minimum absolute atomic E-state index is 0. The summed E-state index contributed by atoms with van der Waals surface area (Å²) >= 11 is 0. The summed E-state index contributed by atoms with van der Waals surface area (Å²) in [7, 11) is 0. The highest BCUT2D eigenvalue weighted by Gasteiger charge is 2.33. The van der Waals surface area contributed by atoms with Crippen LogP contribution in [0.5, 0.6) is 0 Å². The third-order valence-electron chi connectivity index (χ3n) is 4.79. The number of aromatic amines is 1. The molecule has 7 nitrogen and oxygen atoms in total. The van der Waals surface area contributed by atoms with E-state index in [1.54, 1.807) is 0 Å². The van der Waals surface area contributed by atoms with Gasteiger partial charge in [-0.05, 0) is 17.9 Å². The number of amides is 1. The molecule has 1 aromatic rings. The number of hydrogen-bond donors (Lipinski definition) is 4. The van der Waals surface area contributed by atoms with Crippen LogP contribution in [-0.4, -0.2) is 47.5 Å². The van der Waals surface area contributed by atoms with Crippen LogP contribution < -0.4 is 16.2 Å². The van der Waals surface area contributed by atoms with Gasteiger partial charge in [-0.1, -0.05) is 13.8 Å².